The van der Waals surface area contributed by atoms with Crippen LogP contribution in [-0.4, -0.2) is 7.05 Å². The molecule has 0 amide bonds. The van der Waals surface area contributed by atoms with Gasteiger partial charge in [-0.15, -0.1) is 0 Å². The first kappa shape index (κ1) is 8.26. The molecule has 0 aliphatic rings. The molecule has 0 saturated carbocycles. The van der Waals surface area contributed by atoms with Crippen LogP contribution in [-0.2, 0) is 6.54 Å². The van der Waals surface area contributed by atoms with Crippen molar-refractivity contribution in [2.75, 3.05) is 7.05 Å². The summed E-state index contributed by atoms with van der Waals surface area (Å²) < 4.78 is 18.2. The lowest BCUT2D eigenvalue weighted by Gasteiger charge is -1.90. The van der Waals surface area contributed by atoms with Crippen LogP contribution in [0.5, 0.6) is 0 Å². The van der Waals surface area contributed by atoms with E-state index in [2.05, 4.69) is 5.32 Å². The number of hydrogen-bond donors (Lipinski definition) is 1. The zero-order valence-electron chi connectivity index (χ0n) is 7.30. The number of hydrogen-bond acceptors (Lipinski definition) is 2. The van der Waals surface area contributed by atoms with Gasteiger partial charge in [-0.2, -0.15) is 0 Å². The van der Waals surface area contributed by atoms with Crippen molar-refractivity contribution < 1.29 is 8.81 Å². The first-order valence-electron chi connectivity index (χ1n) is 4.12. The van der Waals surface area contributed by atoms with Crippen molar-refractivity contribution in [3.8, 4) is 0 Å². The minimum atomic E-state index is -0.232. The van der Waals surface area contributed by atoms with E-state index in [0.29, 0.717) is 6.54 Å². The van der Waals surface area contributed by atoms with Crippen molar-refractivity contribution in [3.05, 3.63) is 35.8 Å². The molecule has 0 spiro atoms. The number of rotatable bonds is 2. The van der Waals surface area contributed by atoms with Gasteiger partial charge in [-0.1, -0.05) is 0 Å². The van der Waals surface area contributed by atoms with Crippen molar-refractivity contribution >= 4 is 11.0 Å². The molecule has 68 valence electrons. The Hall–Kier alpha value is -1.35. The van der Waals surface area contributed by atoms with E-state index in [1.807, 2.05) is 13.1 Å². The number of fused-ring (bicyclic) bond motifs is 1. The van der Waals surface area contributed by atoms with Gasteiger partial charge in [0.05, 0.1) is 6.54 Å². The van der Waals surface area contributed by atoms with Gasteiger partial charge in [0, 0.05) is 5.39 Å². The van der Waals surface area contributed by atoms with E-state index >= 15 is 0 Å². The van der Waals surface area contributed by atoms with E-state index in [0.717, 1.165) is 16.7 Å². The van der Waals surface area contributed by atoms with Gasteiger partial charge < -0.3 is 9.73 Å². The largest absolute Gasteiger partial charge is 0.460 e. The predicted octanol–water partition coefficient (Wildman–Crippen LogP) is 2.29. The second-order valence-electron chi connectivity index (χ2n) is 2.93. The molecular weight excluding hydrogens is 169 g/mol. The summed E-state index contributed by atoms with van der Waals surface area (Å²) in [5.74, 6) is 0.590. The van der Waals surface area contributed by atoms with Crippen LogP contribution >= 0.6 is 0 Å². The SMILES string of the molecule is CNCc1cc2cc(F)ccc2o1. The maximum Gasteiger partial charge on any atom is 0.134 e. The molecule has 13 heavy (non-hydrogen) atoms. The summed E-state index contributed by atoms with van der Waals surface area (Å²) >= 11 is 0. The third-order valence-electron chi connectivity index (χ3n) is 1.88. The van der Waals surface area contributed by atoms with Crippen LogP contribution in [0.2, 0.25) is 0 Å². The Balaban J connectivity index is 2.49. The van der Waals surface area contributed by atoms with Crippen LogP contribution in [0.15, 0.2) is 28.7 Å². The summed E-state index contributed by atoms with van der Waals surface area (Å²) in [6, 6.07) is 6.35. The third-order valence-corrected chi connectivity index (χ3v) is 1.88. The molecule has 0 radical (unpaired) electrons. The fourth-order valence-corrected chi connectivity index (χ4v) is 1.33. The van der Waals surface area contributed by atoms with Gasteiger partial charge in [0.25, 0.3) is 0 Å². The second-order valence-corrected chi connectivity index (χ2v) is 2.93. The van der Waals surface area contributed by atoms with Gasteiger partial charge in [0.2, 0.25) is 0 Å². The maximum absolute atomic E-state index is 12.8. The Labute approximate surface area is 75.4 Å². The second kappa shape index (κ2) is 3.18. The first-order valence-corrected chi connectivity index (χ1v) is 4.12. The Morgan fingerprint density at radius 2 is 2.23 bits per heavy atom. The van der Waals surface area contributed by atoms with Gasteiger partial charge in [-0.25, -0.2) is 4.39 Å². The molecule has 0 fully saturated rings. The lowest BCUT2D eigenvalue weighted by molar-refractivity contribution is 0.530. The van der Waals surface area contributed by atoms with Crippen molar-refractivity contribution in [3.63, 3.8) is 0 Å². The molecule has 2 nitrogen and oxygen atoms in total. The summed E-state index contributed by atoms with van der Waals surface area (Å²) in [6.07, 6.45) is 0. The highest BCUT2D eigenvalue weighted by Crippen LogP contribution is 2.19. The quantitative estimate of drug-likeness (QED) is 0.765. The average Bonchev–Trinajstić information content (AvgIpc) is 2.46. The topological polar surface area (TPSA) is 25.2 Å². The summed E-state index contributed by atoms with van der Waals surface area (Å²) in [4.78, 5) is 0. The molecule has 0 atom stereocenters. The van der Waals surface area contributed by atoms with E-state index in [4.69, 9.17) is 4.42 Å². The average molecular weight is 179 g/mol. The van der Waals surface area contributed by atoms with Crippen LogP contribution in [0.4, 0.5) is 4.39 Å². The molecule has 1 N–H and O–H groups in total. The Kier molecular flexibility index (Phi) is 2.02. The lowest BCUT2D eigenvalue weighted by Crippen LogP contribution is -2.03. The minimum absolute atomic E-state index is 0.232. The standard InChI is InChI=1S/C10H10FNO/c1-12-6-9-5-7-4-8(11)2-3-10(7)13-9/h2-5,12H,6H2,1H3. The molecule has 0 aliphatic heterocycles. The van der Waals surface area contributed by atoms with E-state index in [-0.39, 0.29) is 5.82 Å². The first-order chi connectivity index (χ1) is 6.29. The van der Waals surface area contributed by atoms with Gasteiger partial charge in [-0.3, -0.25) is 0 Å². The maximum atomic E-state index is 12.8. The third kappa shape index (κ3) is 1.55. The zero-order valence-corrected chi connectivity index (χ0v) is 7.30. The molecule has 0 bridgehead atoms. The van der Waals surface area contributed by atoms with Crippen LogP contribution < -0.4 is 5.32 Å². The Morgan fingerprint density at radius 3 is 3.00 bits per heavy atom. The molecular formula is C10H10FNO. The van der Waals surface area contributed by atoms with Crippen molar-refractivity contribution in [2.24, 2.45) is 0 Å². The van der Waals surface area contributed by atoms with Gasteiger partial charge >= 0.3 is 0 Å². The number of halogens is 1. The number of benzene rings is 1. The number of nitrogens with one attached hydrogen (secondary N) is 1. The molecule has 1 aromatic carbocycles. The summed E-state index contributed by atoms with van der Waals surface area (Å²) in [6.45, 7) is 0.663. The predicted molar refractivity (Wildman–Crippen MR) is 48.9 cm³/mol. The normalized spacial score (nSPS) is 10.9. The highest BCUT2D eigenvalue weighted by Gasteiger charge is 2.02. The zero-order chi connectivity index (χ0) is 9.26. The number of furan rings is 1. The molecule has 0 unspecified atom stereocenters. The van der Waals surface area contributed by atoms with Gasteiger partial charge in [0.15, 0.2) is 0 Å². The Morgan fingerprint density at radius 1 is 1.38 bits per heavy atom. The van der Waals surface area contributed by atoms with Crippen LogP contribution in [0.1, 0.15) is 5.76 Å². The molecule has 1 aromatic heterocycles. The summed E-state index contributed by atoms with van der Waals surface area (Å²) in [5, 5.41) is 3.78. The van der Waals surface area contributed by atoms with E-state index in [1.54, 1.807) is 6.07 Å². The molecule has 0 aliphatic carbocycles. The van der Waals surface area contributed by atoms with Crippen molar-refractivity contribution in [2.45, 2.75) is 6.54 Å². The molecule has 2 rings (SSSR count). The smallest absolute Gasteiger partial charge is 0.134 e. The summed E-state index contributed by atoms with van der Waals surface area (Å²) in [5.41, 5.74) is 0.728. The fourth-order valence-electron chi connectivity index (χ4n) is 1.33. The van der Waals surface area contributed by atoms with Crippen molar-refractivity contribution in [1.29, 1.82) is 0 Å². The van der Waals surface area contributed by atoms with Crippen molar-refractivity contribution in [1.82, 2.24) is 5.32 Å². The highest BCUT2D eigenvalue weighted by atomic mass is 19.1. The van der Waals surface area contributed by atoms with Crippen LogP contribution in [0.3, 0.4) is 0 Å². The van der Waals surface area contributed by atoms with E-state index in [1.165, 1.54) is 12.1 Å². The minimum Gasteiger partial charge on any atom is -0.460 e. The van der Waals surface area contributed by atoms with Crippen LogP contribution in [0.25, 0.3) is 11.0 Å². The Bertz CT molecular complexity index is 422. The van der Waals surface area contributed by atoms with Gasteiger partial charge in [0.1, 0.15) is 17.2 Å². The fraction of sp³-hybridized carbons (Fsp3) is 0.200. The van der Waals surface area contributed by atoms with Crippen LogP contribution in [0, 0.1) is 5.82 Å². The summed E-state index contributed by atoms with van der Waals surface area (Å²) in [7, 11) is 1.84. The molecule has 2 aromatic rings. The van der Waals surface area contributed by atoms with E-state index < -0.39 is 0 Å². The monoisotopic (exact) mass is 179 g/mol. The van der Waals surface area contributed by atoms with Gasteiger partial charge in [-0.05, 0) is 31.3 Å². The van der Waals surface area contributed by atoms with E-state index in [9.17, 15) is 4.39 Å². The highest BCUT2D eigenvalue weighted by molar-refractivity contribution is 5.77. The molecule has 0 saturated heterocycles. The molecule has 3 heteroatoms. The lowest BCUT2D eigenvalue weighted by atomic mass is 10.2. The molecule has 1 heterocycles.